The van der Waals surface area contributed by atoms with E-state index in [0.29, 0.717) is 5.89 Å². The van der Waals surface area contributed by atoms with Crippen LogP contribution in [0.3, 0.4) is 0 Å². The number of aromatic nitrogens is 2. The van der Waals surface area contributed by atoms with Gasteiger partial charge in [-0.3, -0.25) is 0 Å². The van der Waals surface area contributed by atoms with Crippen molar-refractivity contribution in [1.82, 2.24) is 10.2 Å². The van der Waals surface area contributed by atoms with Gasteiger partial charge in [-0.2, -0.15) is 0 Å². The number of anilines is 1. The van der Waals surface area contributed by atoms with Crippen LogP contribution in [0, 0.1) is 0 Å². The van der Waals surface area contributed by atoms with E-state index in [1.54, 1.807) is 0 Å². The molecule has 1 aromatic heterocycles. The third-order valence-corrected chi connectivity index (χ3v) is 3.17. The Labute approximate surface area is 117 Å². The number of hydrogen-bond donors (Lipinski definition) is 1. The number of benzene rings is 2. The van der Waals surface area contributed by atoms with Gasteiger partial charge >= 0.3 is 0 Å². The lowest BCUT2D eigenvalue weighted by atomic mass is 10.1. The molecule has 3 rings (SSSR count). The summed E-state index contributed by atoms with van der Waals surface area (Å²) in [5.74, 6) is 0.535. The molecule has 1 N–H and O–H groups in total. The molecule has 1 unspecified atom stereocenters. The van der Waals surface area contributed by atoms with E-state index in [0.717, 1.165) is 11.3 Å². The van der Waals surface area contributed by atoms with Crippen LogP contribution in [0.4, 0.5) is 5.69 Å². The highest BCUT2D eigenvalue weighted by Gasteiger charge is 2.06. The van der Waals surface area contributed by atoms with Gasteiger partial charge in [0.05, 0.1) is 0 Å². The SMILES string of the molecule is CC(Nc1ccc(-c2nnco2)cc1)c1ccccc1. The third kappa shape index (κ3) is 2.69. The van der Waals surface area contributed by atoms with Gasteiger partial charge in [0.1, 0.15) is 0 Å². The summed E-state index contributed by atoms with van der Waals surface area (Å²) in [6.07, 6.45) is 1.33. The van der Waals surface area contributed by atoms with Crippen LogP contribution < -0.4 is 5.32 Å². The van der Waals surface area contributed by atoms with Gasteiger partial charge in [0.2, 0.25) is 12.3 Å². The van der Waals surface area contributed by atoms with Crippen molar-refractivity contribution in [3.8, 4) is 11.5 Å². The third-order valence-electron chi connectivity index (χ3n) is 3.17. The first-order valence-corrected chi connectivity index (χ1v) is 6.51. The van der Waals surface area contributed by atoms with Gasteiger partial charge in [0.15, 0.2) is 0 Å². The lowest BCUT2D eigenvalue weighted by molar-refractivity contribution is 0.568. The van der Waals surface area contributed by atoms with Gasteiger partial charge in [0, 0.05) is 17.3 Å². The van der Waals surface area contributed by atoms with E-state index in [-0.39, 0.29) is 6.04 Å². The molecule has 0 saturated heterocycles. The van der Waals surface area contributed by atoms with Crippen LogP contribution in [0.1, 0.15) is 18.5 Å². The van der Waals surface area contributed by atoms with Crippen molar-refractivity contribution >= 4 is 5.69 Å². The summed E-state index contributed by atoms with van der Waals surface area (Å²) >= 11 is 0. The van der Waals surface area contributed by atoms with Crippen molar-refractivity contribution in [2.24, 2.45) is 0 Å². The minimum atomic E-state index is 0.255. The van der Waals surface area contributed by atoms with Crippen molar-refractivity contribution < 1.29 is 4.42 Å². The molecule has 0 saturated carbocycles. The fraction of sp³-hybridized carbons (Fsp3) is 0.125. The standard InChI is InChI=1S/C16H15N3O/c1-12(13-5-3-2-4-6-13)18-15-9-7-14(8-10-15)16-19-17-11-20-16/h2-12,18H,1H3. The number of nitrogens with one attached hydrogen (secondary N) is 1. The normalized spacial score (nSPS) is 12.1. The van der Waals surface area contributed by atoms with Crippen molar-refractivity contribution in [3.05, 3.63) is 66.6 Å². The average Bonchev–Trinajstić information content (AvgIpc) is 3.03. The summed E-state index contributed by atoms with van der Waals surface area (Å²) in [7, 11) is 0. The Balaban J connectivity index is 1.72. The fourth-order valence-corrected chi connectivity index (χ4v) is 2.08. The van der Waals surface area contributed by atoms with E-state index in [1.807, 2.05) is 42.5 Å². The molecule has 20 heavy (non-hydrogen) atoms. The summed E-state index contributed by atoms with van der Waals surface area (Å²) in [6.45, 7) is 2.14. The highest BCUT2D eigenvalue weighted by molar-refractivity contribution is 5.58. The number of nitrogens with zero attached hydrogens (tertiary/aromatic N) is 2. The Bertz CT molecular complexity index is 648. The molecule has 0 radical (unpaired) electrons. The molecule has 1 heterocycles. The lowest BCUT2D eigenvalue weighted by Gasteiger charge is -2.15. The maximum Gasteiger partial charge on any atom is 0.247 e. The highest BCUT2D eigenvalue weighted by atomic mass is 16.4. The number of hydrogen-bond acceptors (Lipinski definition) is 4. The fourth-order valence-electron chi connectivity index (χ4n) is 2.08. The summed E-state index contributed by atoms with van der Waals surface area (Å²) in [5.41, 5.74) is 3.23. The van der Waals surface area contributed by atoms with Crippen LogP contribution in [0.25, 0.3) is 11.5 Å². The molecule has 3 aromatic rings. The summed E-state index contributed by atoms with van der Waals surface area (Å²) in [4.78, 5) is 0. The molecule has 0 aliphatic rings. The zero-order valence-electron chi connectivity index (χ0n) is 11.2. The first kappa shape index (κ1) is 12.4. The quantitative estimate of drug-likeness (QED) is 0.777. The van der Waals surface area contributed by atoms with E-state index in [4.69, 9.17) is 4.42 Å². The van der Waals surface area contributed by atoms with E-state index < -0.39 is 0 Å². The van der Waals surface area contributed by atoms with Crippen molar-refractivity contribution in [1.29, 1.82) is 0 Å². The Kier molecular flexibility index (Phi) is 3.46. The molecule has 0 bridgehead atoms. The predicted molar refractivity (Wildman–Crippen MR) is 78.2 cm³/mol. The molecule has 4 nitrogen and oxygen atoms in total. The second-order valence-corrected chi connectivity index (χ2v) is 4.60. The van der Waals surface area contributed by atoms with Gasteiger partial charge < -0.3 is 9.73 Å². The molecule has 0 amide bonds. The molecule has 0 fully saturated rings. The zero-order chi connectivity index (χ0) is 13.8. The monoisotopic (exact) mass is 265 g/mol. The van der Waals surface area contributed by atoms with Crippen molar-refractivity contribution in [2.45, 2.75) is 13.0 Å². The Morgan fingerprint density at radius 1 is 1.00 bits per heavy atom. The van der Waals surface area contributed by atoms with Crippen molar-refractivity contribution in [2.75, 3.05) is 5.32 Å². The Morgan fingerprint density at radius 3 is 2.40 bits per heavy atom. The first-order valence-electron chi connectivity index (χ1n) is 6.51. The summed E-state index contributed by atoms with van der Waals surface area (Å²) in [6, 6.07) is 18.6. The van der Waals surface area contributed by atoms with Crippen LogP contribution in [-0.2, 0) is 0 Å². The highest BCUT2D eigenvalue weighted by Crippen LogP contribution is 2.22. The lowest BCUT2D eigenvalue weighted by Crippen LogP contribution is -2.06. The van der Waals surface area contributed by atoms with Crippen molar-refractivity contribution in [3.63, 3.8) is 0 Å². The minimum absolute atomic E-state index is 0.255. The summed E-state index contributed by atoms with van der Waals surface area (Å²) < 4.78 is 5.17. The smallest absolute Gasteiger partial charge is 0.247 e. The molecule has 0 spiro atoms. The number of rotatable bonds is 4. The van der Waals surface area contributed by atoms with Gasteiger partial charge in [0.25, 0.3) is 0 Å². The maximum atomic E-state index is 5.17. The molecule has 0 aliphatic heterocycles. The molecular weight excluding hydrogens is 250 g/mol. The minimum Gasteiger partial charge on any atom is -0.423 e. The average molecular weight is 265 g/mol. The van der Waals surface area contributed by atoms with E-state index in [1.165, 1.54) is 12.0 Å². The van der Waals surface area contributed by atoms with Crippen LogP contribution >= 0.6 is 0 Å². The van der Waals surface area contributed by atoms with E-state index in [2.05, 4.69) is 34.6 Å². The molecule has 0 aliphatic carbocycles. The van der Waals surface area contributed by atoms with Crippen LogP contribution in [0.2, 0.25) is 0 Å². The molecule has 1 atom stereocenters. The zero-order valence-corrected chi connectivity index (χ0v) is 11.2. The second kappa shape index (κ2) is 5.57. The van der Waals surface area contributed by atoms with E-state index in [9.17, 15) is 0 Å². The molecule has 4 heteroatoms. The first-order chi connectivity index (χ1) is 9.83. The van der Waals surface area contributed by atoms with Gasteiger partial charge in [-0.25, -0.2) is 0 Å². The van der Waals surface area contributed by atoms with Crippen LogP contribution in [0.15, 0.2) is 65.4 Å². The maximum absolute atomic E-state index is 5.17. The van der Waals surface area contributed by atoms with Gasteiger partial charge in [-0.15, -0.1) is 10.2 Å². The van der Waals surface area contributed by atoms with Gasteiger partial charge in [-0.1, -0.05) is 30.3 Å². The Hall–Kier alpha value is -2.62. The largest absolute Gasteiger partial charge is 0.423 e. The molecule has 2 aromatic carbocycles. The van der Waals surface area contributed by atoms with Gasteiger partial charge in [-0.05, 0) is 36.8 Å². The van der Waals surface area contributed by atoms with Crippen LogP contribution in [-0.4, -0.2) is 10.2 Å². The predicted octanol–water partition coefficient (Wildman–Crippen LogP) is 3.91. The van der Waals surface area contributed by atoms with Crippen LogP contribution in [0.5, 0.6) is 0 Å². The molecule has 100 valence electrons. The summed E-state index contributed by atoms with van der Waals surface area (Å²) in [5, 5.41) is 11.0. The Morgan fingerprint density at radius 2 is 1.75 bits per heavy atom. The topological polar surface area (TPSA) is 51.0 Å². The molecular formula is C16H15N3O. The second-order valence-electron chi connectivity index (χ2n) is 4.60. The van der Waals surface area contributed by atoms with E-state index >= 15 is 0 Å².